The average Bonchev–Trinajstić information content (AvgIpc) is 2.16. The van der Waals surface area contributed by atoms with Crippen LogP contribution < -0.4 is 0 Å². The first kappa shape index (κ1) is 10.0. The molecule has 0 aromatic heterocycles. The highest BCUT2D eigenvalue weighted by Gasteiger charge is 2.10. The van der Waals surface area contributed by atoms with Crippen LogP contribution in [0.25, 0.3) is 0 Å². The summed E-state index contributed by atoms with van der Waals surface area (Å²) < 4.78 is 0. The summed E-state index contributed by atoms with van der Waals surface area (Å²) in [5.41, 5.74) is 2.98. The lowest BCUT2D eigenvalue weighted by Crippen LogP contribution is -2.02. The van der Waals surface area contributed by atoms with Crippen molar-refractivity contribution in [3.05, 3.63) is 48.6 Å². The van der Waals surface area contributed by atoms with Crippen LogP contribution in [0.4, 0.5) is 0 Å². The third-order valence-electron chi connectivity index (χ3n) is 2.57. The lowest BCUT2D eigenvalue weighted by molar-refractivity contribution is 0.709. The summed E-state index contributed by atoms with van der Waals surface area (Å²) in [5, 5.41) is 0. The minimum atomic E-state index is 0.502. The molecule has 0 aromatic rings. The zero-order valence-corrected chi connectivity index (χ0v) is 8.42. The summed E-state index contributed by atoms with van der Waals surface area (Å²) in [6, 6.07) is 0. The van der Waals surface area contributed by atoms with Crippen molar-refractivity contribution in [3.8, 4) is 0 Å². The van der Waals surface area contributed by atoms with Crippen LogP contribution in [0.5, 0.6) is 0 Å². The van der Waals surface area contributed by atoms with E-state index in [1.165, 1.54) is 24.0 Å². The zero-order valence-electron chi connectivity index (χ0n) is 8.42. The SMILES string of the molecule is C=CCC(C=C)C1=CC=C(C)CC1. The molecule has 1 aliphatic carbocycles. The first-order chi connectivity index (χ1) is 6.27. The van der Waals surface area contributed by atoms with Gasteiger partial charge in [0, 0.05) is 5.92 Å². The van der Waals surface area contributed by atoms with E-state index in [9.17, 15) is 0 Å². The van der Waals surface area contributed by atoms with E-state index in [0.29, 0.717) is 5.92 Å². The van der Waals surface area contributed by atoms with Gasteiger partial charge in [0.05, 0.1) is 0 Å². The predicted octanol–water partition coefficient (Wildman–Crippen LogP) is 4.03. The third kappa shape index (κ3) is 2.73. The van der Waals surface area contributed by atoms with Crippen molar-refractivity contribution in [1.29, 1.82) is 0 Å². The molecule has 0 fully saturated rings. The standard InChI is InChI=1S/C13H18/c1-4-6-12(5-2)13-9-7-11(3)8-10-13/h4-5,7,9,12H,1-2,6,8,10H2,3H3. The van der Waals surface area contributed by atoms with Gasteiger partial charge in [0.25, 0.3) is 0 Å². The van der Waals surface area contributed by atoms with Crippen LogP contribution in [0.3, 0.4) is 0 Å². The Morgan fingerprint density at radius 1 is 1.38 bits per heavy atom. The van der Waals surface area contributed by atoms with E-state index in [4.69, 9.17) is 0 Å². The number of allylic oxidation sites excluding steroid dienone is 6. The largest absolute Gasteiger partial charge is 0.103 e. The molecule has 0 N–H and O–H groups in total. The van der Waals surface area contributed by atoms with Crippen molar-refractivity contribution in [2.24, 2.45) is 5.92 Å². The van der Waals surface area contributed by atoms with Crippen molar-refractivity contribution in [2.45, 2.75) is 26.2 Å². The van der Waals surface area contributed by atoms with Crippen LogP contribution >= 0.6 is 0 Å². The molecule has 1 unspecified atom stereocenters. The summed E-state index contributed by atoms with van der Waals surface area (Å²) in [6.07, 6.45) is 11.9. The molecule has 0 saturated carbocycles. The average molecular weight is 174 g/mol. The van der Waals surface area contributed by atoms with E-state index < -0.39 is 0 Å². The topological polar surface area (TPSA) is 0 Å². The Bertz CT molecular complexity index is 253. The van der Waals surface area contributed by atoms with Gasteiger partial charge in [-0.3, -0.25) is 0 Å². The fraction of sp³-hybridized carbons (Fsp3) is 0.385. The maximum atomic E-state index is 3.86. The second-order valence-corrected chi connectivity index (χ2v) is 3.62. The van der Waals surface area contributed by atoms with E-state index >= 15 is 0 Å². The number of hydrogen-bond acceptors (Lipinski definition) is 0. The van der Waals surface area contributed by atoms with Crippen molar-refractivity contribution >= 4 is 0 Å². The summed E-state index contributed by atoms with van der Waals surface area (Å²) in [7, 11) is 0. The fourth-order valence-corrected chi connectivity index (χ4v) is 1.64. The molecule has 0 spiro atoms. The summed E-state index contributed by atoms with van der Waals surface area (Å²) in [5.74, 6) is 0.502. The molecule has 0 radical (unpaired) electrons. The lowest BCUT2D eigenvalue weighted by Gasteiger charge is -2.18. The van der Waals surface area contributed by atoms with E-state index in [2.05, 4.69) is 32.2 Å². The molecule has 0 bridgehead atoms. The normalized spacial score (nSPS) is 18.5. The van der Waals surface area contributed by atoms with Gasteiger partial charge in [-0.05, 0) is 26.2 Å². The highest BCUT2D eigenvalue weighted by Crippen LogP contribution is 2.26. The van der Waals surface area contributed by atoms with Crippen LogP contribution in [0.2, 0.25) is 0 Å². The third-order valence-corrected chi connectivity index (χ3v) is 2.57. The first-order valence-electron chi connectivity index (χ1n) is 4.87. The summed E-state index contributed by atoms with van der Waals surface area (Å²) in [4.78, 5) is 0. The molecular formula is C13H18. The van der Waals surface area contributed by atoms with Gasteiger partial charge >= 0.3 is 0 Å². The van der Waals surface area contributed by atoms with Gasteiger partial charge in [-0.25, -0.2) is 0 Å². The summed E-state index contributed by atoms with van der Waals surface area (Å²) >= 11 is 0. The van der Waals surface area contributed by atoms with Crippen LogP contribution in [-0.4, -0.2) is 0 Å². The monoisotopic (exact) mass is 174 g/mol. The quantitative estimate of drug-likeness (QED) is 0.564. The van der Waals surface area contributed by atoms with Crippen LogP contribution in [-0.2, 0) is 0 Å². The Balaban J connectivity index is 2.69. The Kier molecular flexibility index (Phi) is 3.75. The second-order valence-electron chi connectivity index (χ2n) is 3.62. The molecule has 0 heterocycles. The second kappa shape index (κ2) is 4.86. The minimum absolute atomic E-state index is 0.502. The maximum Gasteiger partial charge on any atom is 0.00117 e. The molecule has 1 rings (SSSR count). The molecule has 0 aromatic carbocycles. The molecule has 1 aliphatic rings. The molecule has 13 heavy (non-hydrogen) atoms. The Hall–Kier alpha value is -1.04. The van der Waals surface area contributed by atoms with Gasteiger partial charge < -0.3 is 0 Å². The van der Waals surface area contributed by atoms with E-state index in [1.54, 1.807) is 0 Å². The molecule has 0 saturated heterocycles. The molecular weight excluding hydrogens is 156 g/mol. The van der Waals surface area contributed by atoms with E-state index in [1.807, 2.05) is 12.2 Å². The van der Waals surface area contributed by atoms with Crippen molar-refractivity contribution in [1.82, 2.24) is 0 Å². The van der Waals surface area contributed by atoms with E-state index in [-0.39, 0.29) is 0 Å². The Morgan fingerprint density at radius 3 is 2.62 bits per heavy atom. The molecule has 0 heteroatoms. The van der Waals surface area contributed by atoms with Gasteiger partial charge in [-0.1, -0.05) is 35.5 Å². The van der Waals surface area contributed by atoms with E-state index in [0.717, 1.165) is 6.42 Å². The molecule has 0 aliphatic heterocycles. The van der Waals surface area contributed by atoms with Gasteiger partial charge in [0.2, 0.25) is 0 Å². The van der Waals surface area contributed by atoms with Crippen molar-refractivity contribution < 1.29 is 0 Å². The Labute approximate surface area is 81.4 Å². The molecule has 0 nitrogen and oxygen atoms in total. The molecule has 0 amide bonds. The van der Waals surface area contributed by atoms with Crippen molar-refractivity contribution in [2.75, 3.05) is 0 Å². The summed E-state index contributed by atoms with van der Waals surface area (Å²) in [6.45, 7) is 9.82. The molecule has 1 atom stereocenters. The number of rotatable bonds is 4. The molecule has 70 valence electrons. The highest BCUT2D eigenvalue weighted by atomic mass is 14.2. The smallest absolute Gasteiger partial charge is 0.00117 e. The van der Waals surface area contributed by atoms with Crippen LogP contribution in [0.15, 0.2) is 48.6 Å². The van der Waals surface area contributed by atoms with Crippen molar-refractivity contribution in [3.63, 3.8) is 0 Å². The van der Waals surface area contributed by atoms with Gasteiger partial charge in [-0.15, -0.1) is 13.2 Å². The predicted molar refractivity (Wildman–Crippen MR) is 59.6 cm³/mol. The first-order valence-corrected chi connectivity index (χ1v) is 4.87. The lowest BCUT2D eigenvalue weighted by atomic mass is 9.88. The van der Waals surface area contributed by atoms with Gasteiger partial charge in [0.1, 0.15) is 0 Å². The van der Waals surface area contributed by atoms with Gasteiger partial charge in [0.15, 0.2) is 0 Å². The zero-order chi connectivity index (χ0) is 9.68. The number of hydrogen-bond donors (Lipinski definition) is 0. The Morgan fingerprint density at radius 2 is 2.15 bits per heavy atom. The maximum absolute atomic E-state index is 3.86. The highest BCUT2D eigenvalue weighted by molar-refractivity contribution is 5.26. The fourth-order valence-electron chi connectivity index (χ4n) is 1.64. The van der Waals surface area contributed by atoms with Crippen LogP contribution in [0, 0.1) is 5.92 Å². The van der Waals surface area contributed by atoms with Gasteiger partial charge in [-0.2, -0.15) is 0 Å². The van der Waals surface area contributed by atoms with Crippen LogP contribution in [0.1, 0.15) is 26.2 Å². The minimum Gasteiger partial charge on any atom is -0.103 e.